The number of hydrogen-bond donors (Lipinski definition) is 3. The Morgan fingerprint density at radius 2 is 1.93 bits per heavy atom. The lowest BCUT2D eigenvalue weighted by atomic mass is 10.2. The molecule has 0 saturated carbocycles. The van der Waals surface area contributed by atoms with Crippen LogP contribution in [0.15, 0.2) is 11.3 Å². The van der Waals surface area contributed by atoms with Crippen molar-refractivity contribution in [2.45, 2.75) is 6.92 Å². The summed E-state index contributed by atoms with van der Waals surface area (Å²) in [6.45, 7) is 1.54. The maximum Gasteiger partial charge on any atom is 0.319 e. The van der Waals surface area contributed by atoms with Crippen molar-refractivity contribution in [1.82, 2.24) is 15.8 Å². The number of nitrogens with one attached hydrogen (secondary N) is 2. The Hall–Kier alpha value is -2.07. The number of carbonyl (C=O) groups is 2. The van der Waals surface area contributed by atoms with Crippen molar-refractivity contribution in [3.8, 4) is 6.07 Å². The molecule has 15 heavy (non-hydrogen) atoms. The second kappa shape index (κ2) is 5.62. The van der Waals surface area contributed by atoms with Gasteiger partial charge in [0.2, 0.25) is 0 Å². The molecule has 4 N–H and O–H groups in total. The fourth-order valence-electron chi connectivity index (χ4n) is 0.871. The molecular formula is C8H13N5O2. The molecule has 0 aromatic heterocycles. The van der Waals surface area contributed by atoms with E-state index >= 15 is 0 Å². The van der Waals surface area contributed by atoms with E-state index in [0.29, 0.717) is 5.70 Å². The maximum atomic E-state index is 11.3. The van der Waals surface area contributed by atoms with Crippen LogP contribution in [0.1, 0.15) is 6.92 Å². The number of carbonyl (C=O) groups excluding carboxylic acids is 2. The first-order valence-corrected chi connectivity index (χ1v) is 4.04. The number of hydrogen-bond acceptors (Lipinski definition) is 5. The van der Waals surface area contributed by atoms with Crippen LogP contribution in [0, 0.1) is 11.3 Å². The Kier molecular flexibility index (Phi) is 4.84. The molecule has 0 atom stereocenters. The summed E-state index contributed by atoms with van der Waals surface area (Å²) in [6.07, 6.45) is 0. The molecule has 0 aliphatic carbocycles. The topological polar surface area (TPSA) is 111 Å². The van der Waals surface area contributed by atoms with Crippen molar-refractivity contribution in [3.05, 3.63) is 11.3 Å². The summed E-state index contributed by atoms with van der Waals surface area (Å²) in [6, 6.07) is 0.688. The van der Waals surface area contributed by atoms with Crippen molar-refractivity contribution in [1.29, 1.82) is 5.26 Å². The highest BCUT2D eigenvalue weighted by atomic mass is 16.2. The number of allylic oxidation sites excluding steroid dienone is 1. The van der Waals surface area contributed by atoms with Gasteiger partial charge in [-0.3, -0.25) is 10.1 Å². The molecule has 7 heteroatoms. The number of imide groups is 1. The van der Waals surface area contributed by atoms with Crippen molar-refractivity contribution < 1.29 is 9.59 Å². The molecule has 82 valence electrons. The quantitative estimate of drug-likeness (QED) is 0.316. The number of nitrogens with zero attached hydrogens (tertiary/aromatic N) is 2. The predicted octanol–water partition coefficient (Wildman–Crippen LogP) is -0.955. The summed E-state index contributed by atoms with van der Waals surface area (Å²) in [5.41, 5.74) is 7.62. The van der Waals surface area contributed by atoms with E-state index in [9.17, 15) is 9.59 Å². The SMILES string of the molecule is C/C(NN(C)C)=C(/C#N)C(=O)NC(N)=O. The Bertz CT molecular complexity index is 339. The molecule has 0 aliphatic rings. The van der Waals surface area contributed by atoms with Gasteiger partial charge in [0.05, 0.1) is 0 Å². The first-order valence-electron chi connectivity index (χ1n) is 4.04. The summed E-state index contributed by atoms with van der Waals surface area (Å²) in [5, 5.41) is 12.1. The zero-order valence-electron chi connectivity index (χ0n) is 8.79. The van der Waals surface area contributed by atoms with E-state index < -0.39 is 11.9 Å². The molecule has 7 nitrogen and oxygen atoms in total. The van der Waals surface area contributed by atoms with Crippen LogP contribution in [-0.2, 0) is 4.79 Å². The van der Waals surface area contributed by atoms with Gasteiger partial charge in [-0.1, -0.05) is 0 Å². The fourth-order valence-corrected chi connectivity index (χ4v) is 0.871. The van der Waals surface area contributed by atoms with Gasteiger partial charge in [0.1, 0.15) is 11.6 Å². The van der Waals surface area contributed by atoms with Crippen molar-refractivity contribution >= 4 is 11.9 Å². The van der Waals surface area contributed by atoms with E-state index in [1.165, 1.54) is 0 Å². The van der Waals surface area contributed by atoms with Crippen LogP contribution >= 0.6 is 0 Å². The minimum absolute atomic E-state index is 0.192. The van der Waals surface area contributed by atoms with Crippen LogP contribution in [0.25, 0.3) is 0 Å². The minimum Gasteiger partial charge on any atom is -0.351 e. The first-order chi connectivity index (χ1) is 6.88. The summed E-state index contributed by atoms with van der Waals surface area (Å²) >= 11 is 0. The van der Waals surface area contributed by atoms with Crippen molar-refractivity contribution in [3.63, 3.8) is 0 Å². The van der Waals surface area contributed by atoms with Crippen LogP contribution in [0.3, 0.4) is 0 Å². The third-order valence-corrected chi connectivity index (χ3v) is 1.34. The van der Waals surface area contributed by atoms with Crippen LogP contribution in [0.4, 0.5) is 4.79 Å². The third-order valence-electron chi connectivity index (χ3n) is 1.34. The summed E-state index contributed by atoms with van der Waals surface area (Å²) in [7, 11) is 3.40. The molecule has 0 saturated heterocycles. The average Bonchev–Trinajstić information content (AvgIpc) is 2.01. The standard InChI is InChI=1S/C8H13N5O2/c1-5(12-13(2)3)6(4-9)7(14)11-8(10)15/h12H,1-3H3,(H3,10,11,14,15)/b6-5+. The lowest BCUT2D eigenvalue weighted by Gasteiger charge is -2.14. The number of rotatable bonds is 3. The van der Waals surface area contributed by atoms with Crippen molar-refractivity contribution in [2.75, 3.05) is 14.1 Å². The lowest BCUT2D eigenvalue weighted by molar-refractivity contribution is -0.116. The molecular weight excluding hydrogens is 198 g/mol. The smallest absolute Gasteiger partial charge is 0.319 e. The Morgan fingerprint density at radius 3 is 2.27 bits per heavy atom. The van der Waals surface area contributed by atoms with E-state index in [4.69, 9.17) is 11.0 Å². The second-order valence-electron chi connectivity index (χ2n) is 2.94. The van der Waals surface area contributed by atoms with Crippen molar-refractivity contribution in [2.24, 2.45) is 5.73 Å². The van der Waals surface area contributed by atoms with Gasteiger partial charge in [-0.25, -0.2) is 9.80 Å². The molecule has 0 heterocycles. The Labute approximate surface area is 87.5 Å². The van der Waals surface area contributed by atoms with E-state index in [1.54, 1.807) is 32.1 Å². The fraction of sp³-hybridized carbons (Fsp3) is 0.375. The number of amides is 3. The van der Waals surface area contributed by atoms with Crippen LogP contribution < -0.4 is 16.5 Å². The number of hydrazine groups is 1. The molecule has 0 unspecified atom stereocenters. The molecule has 0 aromatic carbocycles. The summed E-state index contributed by atoms with van der Waals surface area (Å²) in [5.74, 6) is -0.822. The molecule has 0 radical (unpaired) electrons. The Balaban J connectivity index is 4.82. The molecule has 0 bridgehead atoms. The molecule has 0 fully saturated rings. The number of primary amides is 1. The highest BCUT2D eigenvalue weighted by Gasteiger charge is 2.14. The molecule has 0 rings (SSSR count). The molecule has 0 aromatic rings. The van der Waals surface area contributed by atoms with Crippen LogP contribution in [0.2, 0.25) is 0 Å². The maximum absolute atomic E-state index is 11.3. The average molecular weight is 211 g/mol. The van der Waals surface area contributed by atoms with Gasteiger partial charge in [0.15, 0.2) is 0 Å². The number of nitrogens with two attached hydrogens (primary N) is 1. The van der Waals surface area contributed by atoms with E-state index in [1.807, 2.05) is 5.32 Å². The van der Waals surface area contributed by atoms with Gasteiger partial charge in [-0.15, -0.1) is 0 Å². The largest absolute Gasteiger partial charge is 0.351 e. The highest BCUT2D eigenvalue weighted by Crippen LogP contribution is 1.99. The van der Waals surface area contributed by atoms with Gasteiger partial charge in [-0.05, 0) is 6.92 Å². The Morgan fingerprint density at radius 1 is 1.40 bits per heavy atom. The first kappa shape index (κ1) is 12.9. The zero-order valence-corrected chi connectivity index (χ0v) is 8.79. The monoisotopic (exact) mass is 211 g/mol. The van der Waals surface area contributed by atoms with Gasteiger partial charge >= 0.3 is 6.03 Å². The molecule has 0 spiro atoms. The van der Waals surface area contributed by atoms with Crippen LogP contribution in [0.5, 0.6) is 0 Å². The predicted molar refractivity (Wildman–Crippen MR) is 52.9 cm³/mol. The van der Waals surface area contributed by atoms with Gasteiger partial charge < -0.3 is 11.2 Å². The van der Waals surface area contributed by atoms with Gasteiger partial charge in [0.25, 0.3) is 5.91 Å². The molecule has 0 aliphatic heterocycles. The lowest BCUT2D eigenvalue weighted by Crippen LogP contribution is -2.38. The van der Waals surface area contributed by atoms with Gasteiger partial charge in [0, 0.05) is 19.8 Å². The van der Waals surface area contributed by atoms with E-state index in [2.05, 4.69) is 5.43 Å². The summed E-state index contributed by atoms with van der Waals surface area (Å²) < 4.78 is 0. The summed E-state index contributed by atoms with van der Waals surface area (Å²) in [4.78, 5) is 21.7. The normalized spacial score (nSPS) is 11.4. The minimum atomic E-state index is -0.995. The third kappa shape index (κ3) is 4.64. The molecule has 3 amide bonds. The number of urea groups is 1. The second-order valence-corrected chi connectivity index (χ2v) is 2.94. The van der Waals surface area contributed by atoms with E-state index in [0.717, 1.165) is 0 Å². The van der Waals surface area contributed by atoms with Crippen LogP contribution in [-0.4, -0.2) is 31.0 Å². The van der Waals surface area contributed by atoms with Gasteiger partial charge in [-0.2, -0.15) is 5.26 Å². The van der Waals surface area contributed by atoms with E-state index in [-0.39, 0.29) is 5.57 Å². The zero-order chi connectivity index (χ0) is 12.0. The highest BCUT2D eigenvalue weighted by molar-refractivity contribution is 6.06. The number of nitriles is 1.